The molecule has 0 bridgehead atoms. The first-order valence-corrected chi connectivity index (χ1v) is 36.1. The Morgan fingerprint density at radius 2 is 0.595 bits per heavy atom. The maximum atomic E-state index is 12.5. The molecule has 6 nitrogen and oxygen atoms in total. The average molecular weight is 1110 g/mol. The minimum absolute atomic E-state index is 0.0177. The van der Waals surface area contributed by atoms with Crippen LogP contribution in [0.4, 0.5) is 0 Å². The summed E-state index contributed by atoms with van der Waals surface area (Å²) in [6.07, 6.45) is 86.9. The standard InChI is InChI=1S/C73H141NO5/c1-3-5-7-9-11-13-15-17-19-21-29-33-37-41-45-49-53-57-61-65-71(76)70(69-75)74-72(77)66-62-58-54-50-46-42-38-34-31-27-25-23-24-26-28-32-36-40-44-48-52-56-60-64-68-79-73(78)67-63-59-55-51-47-43-39-35-30-22-20-18-16-14-12-10-8-6-4-2/h25,27,61,65,70-71,75-76H,3-24,26,28-60,62-64,66-69H2,1-2H3,(H,74,77)/b27-25-,65-61+. The maximum Gasteiger partial charge on any atom is 0.305 e. The van der Waals surface area contributed by atoms with Crippen LogP contribution < -0.4 is 5.32 Å². The molecular weight excluding hydrogens is 971 g/mol. The van der Waals surface area contributed by atoms with Crippen molar-refractivity contribution in [2.45, 2.75) is 418 Å². The summed E-state index contributed by atoms with van der Waals surface area (Å²) in [4.78, 5) is 24.6. The predicted octanol–water partition coefficient (Wildman–Crippen LogP) is 23.3. The molecule has 0 radical (unpaired) electrons. The van der Waals surface area contributed by atoms with Crippen molar-refractivity contribution >= 4 is 11.9 Å². The molecule has 1 amide bonds. The number of esters is 1. The first-order valence-electron chi connectivity index (χ1n) is 36.1. The van der Waals surface area contributed by atoms with E-state index < -0.39 is 12.1 Å². The zero-order valence-corrected chi connectivity index (χ0v) is 53.6. The summed E-state index contributed by atoms with van der Waals surface area (Å²) in [7, 11) is 0. The van der Waals surface area contributed by atoms with Gasteiger partial charge in [0.15, 0.2) is 0 Å². The number of allylic oxidation sites excluding steroid dienone is 3. The van der Waals surface area contributed by atoms with Gasteiger partial charge in [-0.1, -0.05) is 359 Å². The Labute approximate surface area is 494 Å². The molecule has 0 spiro atoms. The molecule has 6 heteroatoms. The number of rotatable bonds is 68. The number of aliphatic hydroxyl groups excluding tert-OH is 2. The first kappa shape index (κ1) is 77.3. The minimum Gasteiger partial charge on any atom is -0.466 e. The Bertz CT molecular complexity index is 1230. The van der Waals surface area contributed by atoms with Crippen LogP contribution >= 0.6 is 0 Å². The third-order valence-corrected chi connectivity index (χ3v) is 17.0. The normalized spacial score (nSPS) is 12.6. The fourth-order valence-corrected chi connectivity index (χ4v) is 11.5. The highest BCUT2D eigenvalue weighted by atomic mass is 16.5. The molecule has 3 N–H and O–H groups in total. The molecule has 468 valence electrons. The van der Waals surface area contributed by atoms with Crippen LogP contribution in [-0.2, 0) is 14.3 Å². The van der Waals surface area contributed by atoms with Crippen molar-refractivity contribution in [3.8, 4) is 0 Å². The SMILES string of the molecule is CCCCCCCCCCCCCCCCCCC/C=C/C(O)C(CO)NC(=O)CCCCCCCCCC/C=C\CCCCCCCCCCCCCCOC(=O)CCCCCCCCCCCCCCCCCCCCC. The summed E-state index contributed by atoms with van der Waals surface area (Å²) in [5.74, 6) is -0.0511. The van der Waals surface area contributed by atoms with Gasteiger partial charge < -0.3 is 20.3 Å². The second kappa shape index (κ2) is 68.8. The Kier molecular flexibility index (Phi) is 67.4. The molecule has 0 aromatic heterocycles. The summed E-state index contributed by atoms with van der Waals surface area (Å²) in [6.45, 7) is 4.95. The zero-order valence-electron chi connectivity index (χ0n) is 53.6. The Balaban J connectivity index is 3.40. The Morgan fingerprint density at radius 1 is 0.342 bits per heavy atom. The largest absolute Gasteiger partial charge is 0.466 e. The van der Waals surface area contributed by atoms with E-state index in [1.165, 1.54) is 340 Å². The lowest BCUT2D eigenvalue weighted by molar-refractivity contribution is -0.143. The average Bonchev–Trinajstić information content (AvgIpc) is 3.45. The van der Waals surface area contributed by atoms with E-state index in [0.717, 1.165) is 38.5 Å². The van der Waals surface area contributed by atoms with Gasteiger partial charge in [-0.05, 0) is 57.8 Å². The molecule has 0 aliphatic heterocycles. The quantitative estimate of drug-likeness (QED) is 0.0320. The number of unbranched alkanes of at least 4 members (excludes halogenated alkanes) is 55. The number of carbonyl (C=O) groups is 2. The van der Waals surface area contributed by atoms with Crippen LogP contribution in [0.1, 0.15) is 406 Å². The number of hydrogen-bond acceptors (Lipinski definition) is 5. The van der Waals surface area contributed by atoms with Crippen LogP contribution in [0.25, 0.3) is 0 Å². The van der Waals surface area contributed by atoms with Gasteiger partial charge >= 0.3 is 5.97 Å². The lowest BCUT2D eigenvalue weighted by atomic mass is 10.0. The molecule has 0 aliphatic carbocycles. The van der Waals surface area contributed by atoms with Crippen molar-refractivity contribution in [3.63, 3.8) is 0 Å². The number of hydrogen-bond donors (Lipinski definition) is 3. The van der Waals surface area contributed by atoms with Crippen LogP contribution in [0.3, 0.4) is 0 Å². The maximum absolute atomic E-state index is 12.5. The van der Waals surface area contributed by atoms with Crippen molar-refractivity contribution in [1.82, 2.24) is 5.32 Å². The lowest BCUT2D eigenvalue weighted by Crippen LogP contribution is -2.45. The van der Waals surface area contributed by atoms with Crippen molar-refractivity contribution < 1.29 is 24.5 Å². The van der Waals surface area contributed by atoms with E-state index in [0.29, 0.717) is 19.4 Å². The van der Waals surface area contributed by atoms with E-state index in [2.05, 4.69) is 31.3 Å². The molecule has 0 rings (SSSR count). The van der Waals surface area contributed by atoms with Crippen LogP contribution in [0.2, 0.25) is 0 Å². The fraction of sp³-hybridized carbons (Fsp3) is 0.918. The van der Waals surface area contributed by atoms with Crippen molar-refractivity contribution in [1.29, 1.82) is 0 Å². The van der Waals surface area contributed by atoms with Gasteiger partial charge in [-0.3, -0.25) is 9.59 Å². The van der Waals surface area contributed by atoms with Crippen molar-refractivity contribution in [2.75, 3.05) is 13.2 Å². The third-order valence-electron chi connectivity index (χ3n) is 17.0. The molecule has 0 saturated carbocycles. The van der Waals surface area contributed by atoms with Gasteiger partial charge in [0.25, 0.3) is 0 Å². The summed E-state index contributed by atoms with van der Waals surface area (Å²) in [5.41, 5.74) is 0. The predicted molar refractivity (Wildman–Crippen MR) is 347 cm³/mol. The monoisotopic (exact) mass is 1110 g/mol. The minimum atomic E-state index is -0.848. The van der Waals surface area contributed by atoms with Gasteiger partial charge in [0.1, 0.15) is 0 Å². The van der Waals surface area contributed by atoms with E-state index in [4.69, 9.17) is 4.74 Å². The van der Waals surface area contributed by atoms with E-state index in [-0.39, 0.29) is 18.5 Å². The second-order valence-electron chi connectivity index (χ2n) is 24.9. The molecule has 2 unspecified atom stereocenters. The van der Waals surface area contributed by atoms with Crippen molar-refractivity contribution in [2.24, 2.45) is 0 Å². The van der Waals surface area contributed by atoms with Crippen molar-refractivity contribution in [3.05, 3.63) is 24.3 Å². The molecule has 2 atom stereocenters. The van der Waals surface area contributed by atoms with Gasteiger partial charge in [-0.15, -0.1) is 0 Å². The smallest absolute Gasteiger partial charge is 0.305 e. The fourth-order valence-electron chi connectivity index (χ4n) is 11.5. The number of aliphatic hydroxyl groups is 2. The highest BCUT2D eigenvalue weighted by Gasteiger charge is 2.18. The molecule has 0 aromatic rings. The molecular formula is C73H141NO5. The molecule has 0 fully saturated rings. The summed E-state index contributed by atoms with van der Waals surface area (Å²) in [6, 6.07) is -0.632. The van der Waals surface area contributed by atoms with Gasteiger partial charge in [-0.2, -0.15) is 0 Å². The first-order chi connectivity index (χ1) is 39.0. The summed E-state index contributed by atoms with van der Waals surface area (Å²) >= 11 is 0. The molecule has 0 aliphatic rings. The topological polar surface area (TPSA) is 95.9 Å². The highest BCUT2D eigenvalue weighted by Crippen LogP contribution is 2.19. The number of ether oxygens (including phenoxy) is 1. The van der Waals surface area contributed by atoms with Gasteiger partial charge in [0.05, 0.1) is 25.4 Å². The highest BCUT2D eigenvalue weighted by molar-refractivity contribution is 5.76. The lowest BCUT2D eigenvalue weighted by Gasteiger charge is -2.20. The summed E-state index contributed by atoms with van der Waals surface area (Å²) < 4.78 is 5.51. The van der Waals surface area contributed by atoms with Crippen LogP contribution in [0.5, 0.6) is 0 Å². The second-order valence-corrected chi connectivity index (χ2v) is 24.9. The van der Waals surface area contributed by atoms with Gasteiger partial charge in [0, 0.05) is 12.8 Å². The molecule has 0 heterocycles. The van der Waals surface area contributed by atoms with Crippen LogP contribution in [0.15, 0.2) is 24.3 Å². The van der Waals surface area contributed by atoms with Crippen LogP contribution in [0, 0.1) is 0 Å². The van der Waals surface area contributed by atoms with Gasteiger partial charge in [-0.25, -0.2) is 0 Å². The molecule has 0 saturated heterocycles. The van der Waals surface area contributed by atoms with E-state index in [9.17, 15) is 19.8 Å². The molecule has 79 heavy (non-hydrogen) atoms. The van der Waals surface area contributed by atoms with Gasteiger partial charge in [0.2, 0.25) is 5.91 Å². The van der Waals surface area contributed by atoms with Crippen LogP contribution in [-0.4, -0.2) is 47.4 Å². The Hall–Kier alpha value is -1.66. The van der Waals surface area contributed by atoms with E-state index >= 15 is 0 Å². The number of carbonyl (C=O) groups excluding carboxylic acids is 2. The van der Waals surface area contributed by atoms with E-state index in [1.807, 2.05) is 6.08 Å². The molecule has 0 aromatic carbocycles. The van der Waals surface area contributed by atoms with E-state index in [1.54, 1.807) is 6.08 Å². The third kappa shape index (κ3) is 65.4. The number of amides is 1. The summed E-state index contributed by atoms with van der Waals surface area (Å²) in [5, 5.41) is 23.2. The number of nitrogens with one attached hydrogen (secondary N) is 1. The zero-order chi connectivity index (χ0) is 57.1. The Morgan fingerprint density at radius 3 is 0.899 bits per heavy atom.